The van der Waals surface area contributed by atoms with Gasteiger partial charge in [0.1, 0.15) is 0 Å². The smallest absolute Gasteiger partial charge is 0.188 e. The molecule has 4 heteroatoms. The molecule has 0 aromatic carbocycles. The maximum absolute atomic E-state index is 11.1. The van der Waals surface area contributed by atoms with Crippen LogP contribution in [0.5, 0.6) is 0 Å². The van der Waals surface area contributed by atoms with Gasteiger partial charge in [-0.05, 0) is 33.5 Å². The van der Waals surface area contributed by atoms with Crippen LogP contribution in [0.1, 0.15) is 10.4 Å². The third kappa shape index (κ3) is 2.15. The zero-order valence-electron chi connectivity index (χ0n) is 5.38. The Hall–Kier alpha value is -0.120. The molecule has 0 aliphatic rings. The van der Waals surface area contributed by atoms with E-state index in [9.17, 15) is 4.79 Å². The quantitative estimate of drug-likeness (QED) is 0.581. The highest BCUT2D eigenvalue weighted by molar-refractivity contribution is 9.11. The first-order valence-electron chi connectivity index (χ1n) is 2.80. The Morgan fingerprint density at radius 3 is 2.91 bits per heavy atom. The van der Waals surface area contributed by atoms with Gasteiger partial charge in [0.2, 0.25) is 0 Å². The summed E-state index contributed by atoms with van der Waals surface area (Å²) in [5.74, 6) is -0.0758. The summed E-state index contributed by atoms with van der Waals surface area (Å²) in [4.78, 5) is 11.1. The molecule has 1 aromatic rings. The Morgan fingerprint density at radius 1 is 1.73 bits per heavy atom. The summed E-state index contributed by atoms with van der Waals surface area (Å²) in [5.41, 5.74) is 1.87. The number of allylic oxidation sites excluding steroid dienone is 1. The molecule has 1 nitrogen and oxygen atoms in total. The van der Waals surface area contributed by atoms with Gasteiger partial charge in [-0.15, -0.1) is 11.3 Å². The van der Waals surface area contributed by atoms with Gasteiger partial charge < -0.3 is 0 Å². The lowest BCUT2D eigenvalue weighted by molar-refractivity contribution is 0.104. The molecule has 0 fully saturated rings. The zero-order chi connectivity index (χ0) is 8.27. The minimum Gasteiger partial charge on any atom is -0.289 e. The number of ketones is 1. The molecule has 0 saturated carbocycles. The molecular weight excluding hydrogens is 247 g/mol. The standard InChI is InChI=1S/C7H4BrClOS/c8-7-5(2-4-11-7)6(10)1-3-9/h1-4H/b3-1+. The van der Waals surface area contributed by atoms with Crippen molar-refractivity contribution in [2.45, 2.75) is 0 Å². The third-order valence-corrected chi connectivity index (χ3v) is 2.91. The van der Waals surface area contributed by atoms with Crippen LogP contribution in [0.15, 0.2) is 26.8 Å². The first-order chi connectivity index (χ1) is 5.25. The highest BCUT2D eigenvalue weighted by Crippen LogP contribution is 2.23. The Kier molecular flexibility index (Phi) is 3.30. The molecule has 0 aliphatic carbocycles. The highest BCUT2D eigenvalue weighted by atomic mass is 79.9. The predicted molar refractivity (Wildman–Crippen MR) is 51.3 cm³/mol. The van der Waals surface area contributed by atoms with E-state index in [-0.39, 0.29) is 5.78 Å². The number of rotatable bonds is 2. The van der Waals surface area contributed by atoms with Gasteiger partial charge in [-0.3, -0.25) is 4.79 Å². The first-order valence-corrected chi connectivity index (χ1v) is 4.90. The normalized spacial score (nSPS) is 10.7. The van der Waals surface area contributed by atoms with Crippen LogP contribution in [0.4, 0.5) is 0 Å². The van der Waals surface area contributed by atoms with Crippen molar-refractivity contribution in [3.8, 4) is 0 Å². The lowest BCUT2D eigenvalue weighted by Crippen LogP contribution is -1.90. The Bertz CT molecular complexity index is 292. The van der Waals surface area contributed by atoms with E-state index < -0.39 is 0 Å². The molecule has 0 radical (unpaired) electrons. The fourth-order valence-corrected chi connectivity index (χ4v) is 2.00. The van der Waals surface area contributed by atoms with Crippen LogP contribution in [-0.4, -0.2) is 5.78 Å². The maximum Gasteiger partial charge on any atom is 0.188 e. The summed E-state index contributed by atoms with van der Waals surface area (Å²) in [6.45, 7) is 0. The molecule has 0 bridgehead atoms. The minimum atomic E-state index is -0.0758. The van der Waals surface area contributed by atoms with Crippen molar-refractivity contribution in [3.05, 3.63) is 32.4 Å². The third-order valence-electron chi connectivity index (χ3n) is 1.10. The summed E-state index contributed by atoms with van der Waals surface area (Å²) in [5, 5.41) is 1.85. The van der Waals surface area contributed by atoms with Crippen molar-refractivity contribution in [3.63, 3.8) is 0 Å². The molecule has 0 atom stereocenters. The van der Waals surface area contributed by atoms with Crippen molar-refractivity contribution in [1.82, 2.24) is 0 Å². The van der Waals surface area contributed by atoms with E-state index in [4.69, 9.17) is 11.6 Å². The van der Waals surface area contributed by atoms with Crippen LogP contribution in [0.3, 0.4) is 0 Å². The Labute approximate surface area is 81.8 Å². The van der Waals surface area contributed by atoms with Crippen LogP contribution in [0.2, 0.25) is 0 Å². The van der Waals surface area contributed by atoms with Crippen molar-refractivity contribution in [2.24, 2.45) is 0 Å². The molecule has 1 heterocycles. The molecule has 1 aromatic heterocycles. The van der Waals surface area contributed by atoms with E-state index in [2.05, 4.69) is 15.9 Å². The fourth-order valence-electron chi connectivity index (χ4n) is 0.617. The van der Waals surface area contributed by atoms with Crippen LogP contribution < -0.4 is 0 Å². The van der Waals surface area contributed by atoms with Crippen LogP contribution >= 0.6 is 38.9 Å². The summed E-state index contributed by atoms with van der Waals surface area (Å²) >= 11 is 9.99. The topological polar surface area (TPSA) is 17.1 Å². The van der Waals surface area contributed by atoms with Crippen LogP contribution in [0.25, 0.3) is 0 Å². The maximum atomic E-state index is 11.1. The van der Waals surface area contributed by atoms with Gasteiger partial charge in [-0.25, -0.2) is 0 Å². The van der Waals surface area contributed by atoms with E-state index in [0.717, 1.165) is 3.79 Å². The molecule has 1 rings (SSSR count). The Balaban J connectivity index is 2.93. The molecule has 58 valence electrons. The molecule has 11 heavy (non-hydrogen) atoms. The summed E-state index contributed by atoms with van der Waals surface area (Å²) in [6.07, 6.45) is 1.33. The van der Waals surface area contributed by atoms with Gasteiger partial charge in [0.05, 0.1) is 3.79 Å². The van der Waals surface area contributed by atoms with E-state index in [1.807, 2.05) is 5.38 Å². The van der Waals surface area contributed by atoms with Gasteiger partial charge >= 0.3 is 0 Å². The lowest BCUT2D eigenvalue weighted by Gasteiger charge is -1.88. The SMILES string of the molecule is O=C(/C=C/Cl)c1ccsc1Br. The van der Waals surface area contributed by atoms with Crippen LogP contribution in [0, 0.1) is 0 Å². The molecule has 0 spiro atoms. The van der Waals surface area contributed by atoms with Gasteiger partial charge in [0.25, 0.3) is 0 Å². The average Bonchev–Trinajstić information content (AvgIpc) is 2.36. The number of carbonyl (C=O) groups excluding carboxylic acids is 1. The first kappa shape index (κ1) is 8.97. The number of thiophene rings is 1. The highest BCUT2D eigenvalue weighted by Gasteiger charge is 2.06. The van der Waals surface area contributed by atoms with E-state index in [0.29, 0.717) is 5.56 Å². The van der Waals surface area contributed by atoms with E-state index >= 15 is 0 Å². The number of hydrogen-bond acceptors (Lipinski definition) is 2. The van der Waals surface area contributed by atoms with Gasteiger partial charge in [0.15, 0.2) is 5.78 Å². The molecule has 0 unspecified atom stereocenters. The summed E-state index contributed by atoms with van der Waals surface area (Å²) in [7, 11) is 0. The zero-order valence-corrected chi connectivity index (χ0v) is 8.54. The molecule has 0 amide bonds. The largest absolute Gasteiger partial charge is 0.289 e. The molecule has 0 N–H and O–H groups in total. The van der Waals surface area contributed by atoms with E-state index in [1.165, 1.54) is 22.9 Å². The van der Waals surface area contributed by atoms with Crippen molar-refractivity contribution >= 4 is 44.7 Å². The number of carbonyl (C=O) groups is 1. The van der Waals surface area contributed by atoms with Gasteiger partial charge in [-0.1, -0.05) is 11.6 Å². The monoisotopic (exact) mass is 250 g/mol. The molecule has 0 saturated heterocycles. The number of halogens is 2. The van der Waals surface area contributed by atoms with Gasteiger partial charge in [-0.2, -0.15) is 0 Å². The number of hydrogen-bond donors (Lipinski definition) is 0. The van der Waals surface area contributed by atoms with Crippen molar-refractivity contribution in [2.75, 3.05) is 0 Å². The van der Waals surface area contributed by atoms with Gasteiger partial charge in [0, 0.05) is 11.1 Å². The second kappa shape index (κ2) is 4.04. The second-order valence-corrected chi connectivity index (χ2v) is 4.25. The molecular formula is C7H4BrClOS. The fraction of sp³-hybridized carbons (Fsp3) is 0. The van der Waals surface area contributed by atoms with Crippen LogP contribution in [-0.2, 0) is 0 Å². The lowest BCUT2D eigenvalue weighted by atomic mass is 10.2. The Morgan fingerprint density at radius 2 is 2.45 bits per heavy atom. The molecule has 0 aliphatic heterocycles. The average molecular weight is 252 g/mol. The summed E-state index contributed by atoms with van der Waals surface area (Å²) < 4.78 is 0.845. The minimum absolute atomic E-state index is 0.0758. The van der Waals surface area contributed by atoms with Crippen molar-refractivity contribution in [1.29, 1.82) is 0 Å². The predicted octanol–water partition coefficient (Wildman–Crippen LogP) is 3.45. The van der Waals surface area contributed by atoms with E-state index in [1.54, 1.807) is 6.07 Å². The van der Waals surface area contributed by atoms with Crippen molar-refractivity contribution < 1.29 is 4.79 Å². The second-order valence-electron chi connectivity index (χ2n) is 1.76. The summed E-state index contributed by atoms with van der Waals surface area (Å²) in [6, 6.07) is 1.76.